The topological polar surface area (TPSA) is 74.4 Å². The molecule has 6 heteroatoms. The van der Waals surface area contributed by atoms with Gasteiger partial charge in [0.15, 0.2) is 0 Å². The van der Waals surface area contributed by atoms with Gasteiger partial charge in [0.2, 0.25) is 5.91 Å². The summed E-state index contributed by atoms with van der Waals surface area (Å²) in [5.74, 6) is 1.56. The van der Waals surface area contributed by atoms with Gasteiger partial charge in [-0.15, -0.1) is 0 Å². The molecule has 2 N–H and O–H groups in total. The normalized spacial score (nSPS) is 20.6. The van der Waals surface area contributed by atoms with Gasteiger partial charge in [-0.25, -0.2) is 0 Å². The Labute approximate surface area is 219 Å². The maximum absolute atomic E-state index is 13.9. The number of hydrogen-bond donors (Lipinski definition) is 2. The molecule has 1 saturated heterocycles. The van der Waals surface area contributed by atoms with Crippen molar-refractivity contribution in [3.63, 3.8) is 0 Å². The number of aryl methyl sites for hydroxylation is 1. The van der Waals surface area contributed by atoms with Crippen LogP contribution in [-0.2, 0) is 11.2 Å². The van der Waals surface area contributed by atoms with Crippen molar-refractivity contribution in [3.05, 3.63) is 65.9 Å². The number of ether oxygens (including phenoxy) is 1. The smallest absolute Gasteiger partial charge is 0.255 e. The number of nitrogens with zero attached hydrogens (tertiary/aromatic N) is 1. The number of carbonyl (C=O) groups excluding carboxylic acids is 2. The molecule has 0 aliphatic carbocycles. The first kappa shape index (κ1) is 25.4. The summed E-state index contributed by atoms with van der Waals surface area (Å²) in [6.45, 7) is 6.03. The second-order valence-electron chi connectivity index (χ2n) is 11.2. The van der Waals surface area contributed by atoms with Crippen LogP contribution in [0.5, 0.6) is 5.75 Å². The number of para-hydroxylation sites is 2. The van der Waals surface area contributed by atoms with Gasteiger partial charge in [0.05, 0.1) is 22.5 Å². The highest BCUT2D eigenvalue weighted by molar-refractivity contribution is 6.05. The van der Waals surface area contributed by atoms with E-state index in [4.69, 9.17) is 4.74 Å². The van der Waals surface area contributed by atoms with Crippen LogP contribution in [0.2, 0.25) is 0 Å². The Morgan fingerprint density at radius 3 is 2.68 bits per heavy atom. The van der Waals surface area contributed by atoms with E-state index in [0.717, 1.165) is 48.8 Å². The van der Waals surface area contributed by atoms with Crippen LogP contribution in [0, 0.1) is 11.3 Å². The van der Waals surface area contributed by atoms with Crippen LogP contribution in [0.3, 0.4) is 0 Å². The minimum Gasteiger partial charge on any atom is -0.491 e. The van der Waals surface area contributed by atoms with Crippen LogP contribution in [0.4, 0.5) is 0 Å². The number of likely N-dealkylation sites (tertiary alicyclic amines) is 1. The zero-order valence-corrected chi connectivity index (χ0v) is 22.1. The molecule has 5 rings (SSSR count). The summed E-state index contributed by atoms with van der Waals surface area (Å²) in [7, 11) is 0. The first-order chi connectivity index (χ1) is 17.9. The highest BCUT2D eigenvalue weighted by atomic mass is 16.5. The van der Waals surface area contributed by atoms with Crippen LogP contribution < -0.4 is 10.1 Å². The first-order valence-electron chi connectivity index (χ1n) is 13.8. The summed E-state index contributed by atoms with van der Waals surface area (Å²) in [6, 6.07) is 16.1. The number of benzene rings is 2. The van der Waals surface area contributed by atoms with Gasteiger partial charge < -0.3 is 19.9 Å². The molecule has 1 fully saturated rings. The van der Waals surface area contributed by atoms with Gasteiger partial charge in [-0.1, -0.05) is 50.6 Å². The summed E-state index contributed by atoms with van der Waals surface area (Å²) in [5, 5.41) is 4.42. The number of aromatic amines is 1. The van der Waals surface area contributed by atoms with Gasteiger partial charge in [-0.2, -0.15) is 0 Å². The minimum atomic E-state index is -0.441. The van der Waals surface area contributed by atoms with Crippen molar-refractivity contribution < 1.29 is 14.3 Å². The summed E-state index contributed by atoms with van der Waals surface area (Å²) in [4.78, 5) is 32.4. The molecule has 2 aromatic carbocycles. The predicted octanol–water partition coefficient (Wildman–Crippen LogP) is 5.73. The van der Waals surface area contributed by atoms with E-state index in [-0.39, 0.29) is 17.9 Å². The summed E-state index contributed by atoms with van der Waals surface area (Å²) < 4.78 is 6.25. The summed E-state index contributed by atoms with van der Waals surface area (Å²) >= 11 is 0. The maximum Gasteiger partial charge on any atom is 0.255 e. The van der Waals surface area contributed by atoms with Gasteiger partial charge in [0.25, 0.3) is 5.91 Å². The second-order valence-corrected chi connectivity index (χ2v) is 11.2. The third kappa shape index (κ3) is 5.53. The lowest BCUT2D eigenvalue weighted by atomic mass is 9.73. The van der Waals surface area contributed by atoms with E-state index in [1.54, 1.807) is 0 Å². The van der Waals surface area contributed by atoms with Crippen molar-refractivity contribution in [1.82, 2.24) is 15.2 Å². The zero-order valence-electron chi connectivity index (χ0n) is 22.1. The van der Waals surface area contributed by atoms with Crippen molar-refractivity contribution in [1.29, 1.82) is 0 Å². The fourth-order valence-corrected chi connectivity index (χ4v) is 6.06. The average molecular weight is 502 g/mol. The Kier molecular flexibility index (Phi) is 7.54. The number of amides is 2. The average Bonchev–Trinajstić information content (AvgIpc) is 3.38. The van der Waals surface area contributed by atoms with E-state index in [2.05, 4.69) is 36.3 Å². The third-order valence-electron chi connectivity index (χ3n) is 8.16. The zero-order chi connectivity index (χ0) is 25.8. The predicted molar refractivity (Wildman–Crippen MR) is 147 cm³/mol. The molecule has 3 heterocycles. The van der Waals surface area contributed by atoms with E-state index in [1.807, 2.05) is 47.5 Å². The number of rotatable bonds is 3. The largest absolute Gasteiger partial charge is 0.491 e. The van der Waals surface area contributed by atoms with Crippen LogP contribution in [0.25, 0.3) is 10.9 Å². The van der Waals surface area contributed by atoms with Gasteiger partial charge in [0.1, 0.15) is 12.4 Å². The highest BCUT2D eigenvalue weighted by Gasteiger charge is 2.42. The molecule has 1 aromatic heterocycles. The monoisotopic (exact) mass is 501 g/mol. The lowest BCUT2D eigenvalue weighted by molar-refractivity contribution is -0.135. The molecule has 0 bridgehead atoms. The second kappa shape index (κ2) is 11.0. The van der Waals surface area contributed by atoms with E-state index < -0.39 is 5.41 Å². The van der Waals surface area contributed by atoms with Crippen molar-refractivity contribution in [2.45, 2.75) is 64.8 Å². The molecule has 3 aromatic rings. The molecular weight excluding hydrogens is 462 g/mol. The number of hydrogen-bond acceptors (Lipinski definition) is 3. The standard InChI is InChI=1S/C31H39N3O3/c1-22(2)20-25-21-37-27-12-4-3-8-23(27)9-5-6-14-31(30(36)33-25)15-18-34(19-16-31)29(35)26-11-7-10-24-13-17-32-28(24)26/h3-4,7-8,10-13,17,22,25,32H,5-6,9,14-16,18-21H2,1-2H3,(H,33,36)/t25-/m0/s1. The molecular formula is C31H39N3O3. The summed E-state index contributed by atoms with van der Waals surface area (Å²) in [6.07, 6.45) is 7.92. The van der Waals surface area contributed by atoms with Crippen molar-refractivity contribution in [2.75, 3.05) is 19.7 Å². The number of H-pyrrole nitrogens is 1. The molecule has 2 aliphatic heterocycles. The van der Waals surface area contributed by atoms with Gasteiger partial charge in [-0.05, 0) is 68.2 Å². The van der Waals surface area contributed by atoms with Gasteiger partial charge in [-0.3, -0.25) is 9.59 Å². The molecule has 37 heavy (non-hydrogen) atoms. The lowest BCUT2D eigenvalue weighted by Gasteiger charge is -2.42. The molecule has 1 spiro atoms. The molecule has 2 amide bonds. The minimum absolute atomic E-state index is 0.0398. The van der Waals surface area contributed by atoms with Crippen LogP contribution in [0.1, 0.15) is 68.3 Å². The van der Waals surface area contributed by atoms with E-state index >= 15 is 0 Å². The molecule has 1 atom stereocenters. The summed E-state index contributed by atoms with van der Waals surface area (Å²) in [5.41, 5.74) is 2.39. The number of fused-ring (bicyclic) bond motifs is 2. The van der Waals surface area contributed by atoms with Crippen LogP contribution in [-0.4, -0.2) is 47.4 Å². The Bertz CT molecular complexity index is 1240. The molecule has 0 unspecified atom stereocenters. The fourth-order valence-electron chi connectivity index (χ4n) is 6.06. The van der Waals surface area contributed by atoms with Gasteiger partial charge in [0, 0.05) is 24.7 Å². The third-order valence-corrected chi connectivity index (χ3v) is 8.16. The Hall–Kier alpha value is -3.28. The van der Waals surface area contributed by atoms with Gasteiger partial charge >= 0.3 is 0 Å². The number of carbonyl (C=O) groups is 2. The highest BCUT2D eigenvalue weighted by Crippen LogP contribution is 2.38. The quantitative estimate of drug-likeness (QED) is 0.482. The van der Waals surface area contributed by atoms with Crippen molar-refractivity contribution in [3.8, 4) is 5.75 Å². The Balaban J connectivity index is 1.33. The Morgan fingerprint density at radius 1 is 1.05 bits per heavy atom. The first-order valence-corrected chi connectivity index (χ1v) is 13.8. The number of aromatic nitrogens is 1. The van der Waals surface area contributed by atoms with E-state index in [9.17, 15) is 9.59 Å². The fraction of sp³-hybridized carbons (Fsp3) is 0.484. The van der Waals surface area contributed by atoms with E-state index in [0.29, 0.717) is 44.0 Å². The number of piperidine rings is 1. The van der Waals surface area contributed by atoms with Crippen molar-refractivity contribution in [2.24, 2.45) is 11.3 Å². The molecule has 0 radical (unpaired) electrons. The van der Waals surface area contributed by atoms with Crippen LogP contribution >= 0.6 is 0 Å². The van der Waals surface area contributed by atoms with Crippen molar-refractivity contribution >= 4 is 22.7 Å². The SMILES string of the molecule is CC(C)C[C@H]1COc2ccccc2CCCCC2(CCN(C(=O)c3cccc4cc[nH]c34)CC2)C(=O)N1. The molecule has 196 valence electrons. The molecule has 0 saturated carbocycles. The molecule has 2 aliphatic rings. The van der Waals surface area contributed by atoms with E-state index in [1.165, 1.54) is 5.56 Å². The Morgan fingerprint density at radius 2 is 1.86 bits per heavy atom. The lowest BCUT2D eigenvalue weighted by Crippen LogP contribution is -2.53. The number of nitrogens with one attached hydrogen (secondary N) is 2. The maximum atomic E-state index is 13.9. The van der Waals surface area contributed by atoms with Crippen LogP contribution in [0.15, 0.2) is 54.7 Å². The molecule has 6 nitrogen and oxygen atoms in total.